The molecular formula is C16H17N3O2. The summed E-state index contributed by atoms with van der Waals surface area (Å²) in [6, 6.07) is 16.9. The third kappa shape index (κ3) is 5.36. The molecule has 0 aromatic heterocycles. The Bertz CT molecular complexity index is 612. The Balaban J connectivity index is 1.86. The number of carbonyl (C=O) groups excluding carboxylic acids is 1. The van der Waals surface area contributed by atoms with Crippen molar-refractivity contribution in [3.8, 4) is 5.75 Å². The van der Waals surface area contributed by atoms with Crippen molar-refractivity contribution >= 4 is 12.2 Å². The molecule has 2 aromatic rings. The molecule has 5 heteroatoms. The molecule has 0 heterocycles. The van der Waals surface area contributed by atoms with Gasteiger partial charge in [-0.05, 0) is 23.3 Å². The van der Waals surface area contributed by atoms with Crippen LogP contribution in [0.25, 0.3) is 0 Å². The minimum absolute atomic E-state index is 0.601. The van der Waals surface area contributed by atoms with Crippen LogP contribution in [-0.4, -0.2) is 18.9 Å². The quantitative estimate of drug-likeness (QED) is 0.630. The van der Waals surface area contributed by atoms with Gasteiger partial charge in [-0.1, -0.05) is 42.5 Å². The number of amides is 2. The van der Waals surface area contributed by atoms with Crippen LogP contribution >= 0.6 is 0 Å². The van der Waals surface area contributed by atoms with Gasteiger partial charge in [0.25, 0.3) is 0 Å². The molecular weight excluding hydrogens is 266 g/mol. The Hall–Kier alpha value is -2.82. The van der Waals surface area contributed by atoms with Crippen molar-refractivity contribution in [3.63, 3.8) is 0 Å². The SMILES string of the molecule is NC(=O)NN=Cc1cccc(OCCc2ccccc2)c1. The van der Waals surface area contributed by atoms with E-state index in [-0.39, 0.29) is 0 Å². The topological polar surface area (TPSA) is 76.7 Å². The molecule has 0 aliphatic heterocycles. The zero-order chi connectivity index (χ0) is 14.9. The summed E-state index contributed by atoms with van der Waals surface area (Å²) < 4.78 is 5.70. The van der Waals surface area contributed by atoms with E-state index in [2.05, 4.69) is 22.7 Å². The number of hydrogen-bond acceptors (Lipinski definition) is 3. The van der Waals surface area contributed by atoms with Crippen LogP contribution in [0, 0.1) is 0 Å². The van der Waals surface area contributed by atoms with Gasteiger partial charge < -0.3 is 10.5 Å². The summed E-state index contributed by atoms with van der Waals surface area (Å²) in [6.45, 7) is 0.601. The van der Waals surface area contributed by atoms with E-state index in [1.165, 1.54) is 11.8 Å². The first kappa shape index (κ1) is 14.6. The summed E-state index contributed by atoms with van der Waals surface area (Å²) in [7, 11) is 0. The van der Waals surface area contributed by atoms with Crippen LogP contribution in [-0.2, 0) is 6.42 Å². The van der Waals surface area contributed by atoms with Crippen LogP contribution in [0.1, 0.15) is 11.1 Å². The summed E-state index contributed by atoms with van der Waals surface area (Å²) >= 11 is 0. The van der Waals surface area contributed by atoms with E-state index in [0.29, 0.717) is 6.61 Å². The molecule has 0 fully saturated rings. The van der Waals surface area contributed by atoms with E-state index in [1.807, 2.05) is 42.5 Å². The molecule has 0 radical (unpaired) electrons. The van der Waals surface area contributed by atoms with Gasteiger partial charge in [-0.2, -0.15) is 5.10 Å². The van der Waals surface area contributed by atoms with E-state index in [4.69, 9.17) is 10.5 Å². The third-order valence-electron chi connectivity index (χ3n) is 2.75. The molecule has 21 heavy (non-hydrogen) atoms. The lowest BCUT2D eigenvalue weighted by Crippen LogP contribution is -2.24. The zero-order valence-electron chi connectivity index (χ0n) is 11.5. The highest BCUT2D eigenvalue weighted by atomic mass is 16.5. The lowest BCUT2D eigenvalue weighted by atomic mass is 10.2. The number of hydrogen-bond donors (Lipinski definition) is 2. The van der Waals surface area contributed by atoms with E-state index >= 15 is 0 Å². The van der Waals surface area contributed by atoms with Crippen LogP contribution in [0.4, 0.5) is 4.79 Å². The highest BCUT2D eigenvalue weighted by Crippen LogP contribution is 2.12. The number of carbonyl (C=O) groups is 1. The maximum atomic E-state index is 10.5. The zero-order valence-corrected chi connectivity index (χ0v) is 11.5. The normalized spacial score (nSPS) is 10.5. The number of rotatable bonds is 6. The third-order valence-corrected chi connectivity index (χ3v) is 2.75. The summed E-state index contributed by atoms with van der Waals surface area (Å²) in [5, 5.41) is 3.71. The highest BCUT2D eigenvalue weighted by Gasteiger charge is 1.97. The van der Waals surface area contributed by atoms with Gasteiger partial charge in [-0.15, -0.1) is 0 Å². The number of primary amides is 1. The number of nitrogens with zero attached hydrogens (tertiary/aromatic N) is 1. The fraction of sp³-hybridized carbons (Fsp3) is 0.125. The van der Waals surface area contributed by atoms with Gasteiger partial charge >= 0.3 is 6.03 Å². The predicted molar refractivity (Wildman–Crippen MR) is 82.4 cm³/mol. The van der Waals surface area contributed by atoms with Crippen molar-refractivity contribution in [1.82, 2.24) is 5.43 Å². The molecule has 0 saturated heterocycles. The van der Waals surface area contributed by atoms with Gasteiger partial charge in [0.15, 0.2) is 0 Å². The van der Waals surface area contributed by atoms with Crippen molar-refractivity contribution in [2.24, 2.45) is 10.8 Å². The second kappa shape index (κ2) is 7.69. The van der Waals surface area contributed by atoms with Gasteiger partial charge in [-0.3, -0.25) is 0 Å². The van der Waals surface area contributed by atoms with Crippen molar-refractivity contribution in [2.75, 3.05) is 6.61 Å². The van der Waals surface area contributed by atoms with Crippen LogP contribution in [0.3, 0.4) is 0 Å². The molecule has 0 aliphatic carbocycles. The summed E-state index contributed by atoms with van der Waals surface area (Å²) in [6.07, 6.45) is 2.36. The van der Waals surface area contributed by atoms with Crippen LogP contribution in [0.5, 0.6) is 5.75 Å². The van der Waals surface area contributed by atoms with Gasteiger partial charge in [-0.25, -0.2) is 10.2 Å². The molecule has 5 nitrogen and oxygen atoms in total. The Kier molecular flexibility index (Phi) is 5.34. The van der Waals surface area contributed by atoms with Crippen molar-refractivity contribution in [2.45, 2.75) is 6.42 Å². The smallest absolute Gasteiger partial charge is 0.332 e. The molecule has 0 aliphatic rings. The Morgan fingerprint density at radius 2 is 2.00 bits per heavy atom. The first-order chi connectivity index (χ1) is 10.2. The van der Waals surface area contributed by atoms with E-state index in [1.54, 1.807) is 0 Å². The monoisotopic (exact) mass is 283 g/mol. The summed E-state index contributed by atoms with van der Waals surface area (Å²) in [5.41, 5.74) is 9.12. The molecule has 2 rings (SSSR count). The molecule has 0 bridgehead atoms. The van der Waals surface area contributed by atoms with Crippen LogP contribution < -0.4 is 15.9 Å². The lowest BCUT2D eigenvalue weighted by molar-refractivity contribution is 0.249. The van der Waals surface area contributed by atoms with E-state index in [0.717, 1.165) is 17.7 Å². The maximum absolute atomic E-state index is 10.5. The highest BCUT2D eigenvalue weighted by molar-refractivity contribution is 5.81. The molecule has 2 amide bonds. The molecule has 0 atom stereocenters. The average molecular weight is 283 g/mol. The standard InChI is InChI=1S/C16H17N3O2/c17-16(20)19-18-12-14-7-4-8-15(11-14)21-10-9-13-5-2-1-3-6-13/h1-8,11-12H,9-10H2,(H3,17,19,20). The van der Waals surface area contributed by atoms with Gasteiger partial charge in [0.2, 0.25) is 0 Å². The predicted octanol–water partition coefficient (Wildman–Crippen LogP) is 2.31. The first-order valence-electron chi connectivity index (χ1n) is 6.59. The largest absolute Gasteiger partial charge is 0.493 e. The van der Waals surface area contributed by atoms with Crippen LogP contribution in [0.15, 0.2) is 59.7 Å². The van der Waals surface area contributed by atoms with Crippen molar-refractivity contribution in [1.29, 1.82) is 0 Å². The number of ether oxygens (including phenoxy) is 1. The molecule has 0 unspecified atom stereocenters. The van der Waals surface area contributed by atoms with Gasteiger partial charge in [0.1, 0.15) is 5.75 Å². The second-order valence-electron chi connectivity index (χ2n) is 4.39. The lowest BCUT2D eigenvalue weighted by Gasteiger charge is -2.06. The second-order valence-corrected chi connectivity index (χ2v) is 4.39. The number of benzene rings is 2. The van der Waals surface area contributed by atoms with Gasteiger partial charge in [0.05, 0.1) is 12.8 Å². The molecule has 3 N–H and O–H groups in total. The number of urea groups is 1. The maximum Gasteiger partial charge on any atom is 0.332 e. The molecule has 0 saturated carbocycles. The van der Waals surface area contributed by atoms with Crippen molar-refractivity contribution < 1.29 is 9.53 Å². The van der Waals surface area contributed by atoms with Crippen molar-refractivity contribution in [3.05, 3.63) is 65.7 Å². The Morgan fingerprint density at radius 3 is 2.76 bits per heavy atom. The fourth-order valence-corrected chi connectivity index (χ4v) is 1.79. The molecule has 0 spiro atoms. The summed E-state index contributed by atoms with van der Waals surface area (Å²) in [4.78, 5) is 10.5. The number of hydrazone groups is 1. The summed E-state index contributed by atoms with van der Waals surface area (Å²) in [5.74, 6) is 0.758. The fourth-order valence-electron chi connectivity index (χ4n) is 1.79. The number of nitrogens with two attached hydrogens (primary N) is 1. The minimum atomic E-state index is -0.693. The molecule has 108 valence electrons. The molecule has 2 aromatic carbocycles. The van der Waals surface area contributed by atoms with Gasteiger partial charge in [0, 0.05) is 6.42 Å². The first-order valence-corrected chi connectivity index (χ1v) is 6.59. The Morgan fingerprint density at radius 1 is 1.19 bits per heavy atom. The Labute approximate surface area is 123 Å². The number of nitrogens with one attached hydrogen (secondary N) is 1. The van der Waals surface area contributed by atoms with E-state index < -0.39 is 6.03 Å². The van der Waals surface area contributed by atoms with Crippen LogP contribution in [0.2, 0.25) is 0 Å². The van der Waals surface area contributed by atoms with E-state index in [9.17, 15) is 4.79 Å². The minimum Gasteiger partial charge on any atom is -0.493 e. The average Bonchev–Trinajstić information content (AvgIpc) is 2.48.